The van der Waals surface area contributed by atoms with Crippen molar-refractivity contribution in [3.8, 4) is 5.75 Å². The van der Waals surface area contributed by atoms with E-state index in [1.54, 1.807) is 12.1 Å². The molecule has 0 spiro atoms. The van der Waals surface area contributed by atoms with Gasteiger partial charge in [-0.25, -0.2) is 13.8 Å². The van der Waals surface area contributed by atoms with Crippen molar-refractivity contribution in [2.45, 2.75) is 25.9 Å². The lowest BCUT2D eigenvalue weighted by atomic mass is 10.2. The molecule has 0 bridgehead atoms. The molecule has 9 heteroatoms. The molecule has 1 amide bonds. The molecule has 0 radical (unpaired) electrons. The predicted octanol–water partition coefficient (Wildman–Crippen LogP) is 5.55. The van der Waals surface area contributed by atoms with Crippen LogP contribution in [0, 0.1) is 11.6 Å². The van der Waals surface area contributed by atoms with Crippen LogP contribution in [0.1, 0.15) is 30.3 Å². The second-order valence-corrected chi connectivity index (χ2v) is 8.51. The Bertz CT molecular complexity index is 1300. The van der Waals surface area contributed by atoms with E-state index in [0.29, 0.717) is 29.2 Å². The highest BCUT2D eigenvalue weighted by molar-refractivity contribution is 7.22. The maximum Gasteiger partial charge on any atom is 0.295 e. The van der Waals surface area contributed by atoms with Gasteiger partial charge in [-0.15, -0.1) is 0 Å². The summed E-state index contributed by atoms with van der Waals surface area (Å²) in [7, 11) is 0. The fraction of sp³-hybridized carbons (Fsp3) is 0.304. The number of para-hydroxylation sites is 1. The van der Waals surface area contributed by atoms with Crippen LogP contribution in [0.2, 0.25) is 0 Å². The lowest BCUT2D eigenvalue weighted by Crippen LogP contribution is -2.37. The summed E-state index contributed by atoms with van der Waals surface area (Å²) >= 11 is 1.05. The highest BCUT2D eigenvalue weighted by Gasteiger charge is 2.30. The molecule has 6 nitrogen and oxygen atoms in total. The molecule has 0 aliphatic carbocycles. The minimum absolute atomic E-state index is 0.0276. The van der Waals surface area contributed by atoms with E-state index >= 15 is 0 Å². The zero-order valence-corrected chi connectivity index (χ0v) is 18.1. The molecule has 4 aromatic rings. The minimum Gasteiger partial charge on any atom is -0.490 e. The maximum atomic E-state index is 14.3. The number of fused-ring (bicyclic) bond motifs is 2. The number of anilines is 1. The highest BCUT2D eigenvalue weighted by Crippen LogP contribution is 2.34. The fourth-order valence-electron chi connectivity index (χ4n) is 3.84. The molecule has 1 saturated heterocycles. The van der Waals surface area contributed by atoms with Crippen LogP contribution in [-0.2, 0) is 4.74 Å². The fourth-order valence-corrected chi connectivity index (χ4v) is 4.86. The van der Waals surface area contributed by atoms with E-state index in [-0.39, 0.29) is 29.1 Å². The molecular formula is C23H20F2N2O4S. The Balaban J connectivity index is 1.56. The van der Waals surface area contributed by atoms with E-state index in [2.05, 4.69) is 4.98 Å². The van der Waals surface area contributed by atoms with Gasteiger partial charge < -0.3 is 13.9 Å². The number of carbonyl (C=O) groups excluding carboxylic acids is 1. The van der Waals surface area contributed by atoms with E-state index in [1.165, 1.54) is 11.0 Å². The predicted molar refractivity (Wildman–Crippen MR) is 118 cm³/mol. The van der Waals surface area contributed by atoms with Gasteiger partial charge in [-0.3, -0.25) is 9.69 Å². The number of aromatic nitrogens is 1. The monoisotopic (exact) mass is 458 g/mol. The highest BCUT2D eigenvalue weighted by atomic mass is 32.1. The molecule has 32 heavy (non-hydrogen) atoms. The molecule has 1 aliphatic rings. The summed E-state index contributed by atoms with van der Waals surface area (Å²) in [4.78, 5) is 19.3. The van der Waals surface area contributed by atoms with E-state index in [9.17, 15) is 13.6 Å². The smallest absolute Gasteiger partial charge is 0.295 e. The number of ether oxygens (including phenoxy) is 2. The molecule has 2 aromatic carbocycles. The summed E-state index contributed by atoms with van der Waals surface area (Å²) in [5.74, 6) is -1.23. The zero-order valence-electron chi connectivity index (χ0n) is 17.3. The van der Waals surface area contributed by atoms with E-state index in [0.717, 1.165) is 35.6 Å². The summed E-state index contributed by atoms with van der Waals surface area (Å²) in [6.07, 6.45) is 1.53. The van der Waals surface area contributed by atoms with Gasteiger partial charge in [-0.05, 0) is 38.0 Å². The Morgan fingerprint density at radius 1 is 1.31 bits per heavy atom. The van der Waals surface area contributed by atoms with Crippen molar-refractivity contribution >= 4 is 43.6 Å². The quantitative estimate of drug-likeness (QED) is 0.379. The first-order chi connectivity index (χ1) is 15.5. The van der Waals surface area contributed by atoms with Gasteiger partial charge in [-0.2, -0.15) is 0 Å². The number of carbonyl (C=O) groups is 1. The number of thiazole rings is 1. The maximum absolute atomic E-state index is 14.3. The summed E-state index contributed by atoms with van der Waals surface area (Å²) in [5, 5.41) is 0.990. The van der Waals surface area contributed by atoms with Gasteiger partial charge in [-0.1, -0.05) is 23.5 Å². The summed E-state index contributed by atoms with van der Waals surface area (Å²) in [5.41, 5.74) is 0.506. The van der Waals surface area contributed by atoms with Gasteiger partial charge in [0.25, 0.3) is 5.91 Å². The Labute approximate surface area is 186 Å². The standard InChI is InChI=1S/C23H20F2N2O4S/c1-2-29-17-7-3-5-13-9-18(31-21(13)17)22(28)27(12-15-6-4-8-30-15)23-26-20-16(25)10-14(24)11-19(20)32-23/h3,5,7,9-11,15H,2,4,6,8,12H2,1H3. The first-order valence-corrected chi connectivity index (χ1v) is 11.2. The second kappa shape index (κ2) is 8.48. The van der Waals surface area contributed by atoms with Crippen molar-refractivity contribution in [1.82, 2.24) is 4.98 Å². The molecule has 0 N–H and O–H groups in total. The number of benzene rings is 2. The first kappa shape index (κ1) is 20.8. The Morgan fingerprint density at radius 3 is 2.97 bits per heavy atom. The van der Waals surface area contributed by atoms with Gasteiger partial charge in [0.15, 0.2) is 28.0 Å². The molecule has 5 rings (SSSR count). The average molecular weight is 458 g/mol. The number of nitrogens with zero attached hydrogens (tertiary/aromatic N) is 2. The van der Waals surface area contributed by atoms with Gasteiger partial charge in [0.1, 0.15) is 11.3 Å². The molecule has 3 heterocycles. The molecule has 1 aliphatic heterocycles. The third-order valence-electron chi connectivity index (χ3n) is 5.31. The zero-order chi connectivity index (χ0) is 22.2. The van der Waals surface area contributed by atoms with Crippen LogP contribution in [0.25, 0.3) is 21.2 Å². The SMILES string of the molecule is CCOc1cccc2cc(C(=O)N(CC3CCCO3)c3nc4c(F)cc(F)cc4s3)oc12. The van der Waals surface area contributed by atoms with Crippen molar-refractivity contribution in [2.24, 2.45) is 0 Å². The van der Waals surface area contributed by atoms with Gasteiger partial charge in [0.2, 0.25) is 0 Å². The van der Waals surface area contributed by atoms with Crippen LogP contribution in [0.4, 0.5) is 13.9 Å². The average Bonchev–Trinajstić information content (AvgIpc) is 3.51. The van der Waals surface area contributed by atoms with Crippen LogP contribution in [0.3, 0.4) is 0 Å². The van der Waals surface area contributed by atoms with Crippen LogP contribution < -0.4 is 9.64 Å². The summed E-state index contributed by atoms with van der Waals surface area (Å²) in [6.45, 7) is 3.18. The van der Waals surface area contributed by atoms with Crippen molar-refractivity contribution < 1.29 is 27.5 Å². The molecule has 1 unspecified atom stereocenters. The van der Waals surface area contributed by atoms with Crippen molar-refractivity contribution in [2.75, 3.05) is 24.7 Å². The normalized spacial score (nSPS) is 16.2. The van der Waals surface area contributed by atoms with E-state index in [4.69, 9.17) is 13.9 Å². The van der Waals surface area contributed by atoms with Crippen molar-refractivity contribution in [1.29, 1.82) is 0 Å². The minimum atomic E-state index is -0.767. The summed E-state index contributed by atoms with van der Waals surface area (Å²) in [6, 6.07) is 9.08. The Kier molecular flexibility index (Phi) is 5.52. The van der Waals surface area contributed by atoms with Crippen molar-refractivity contribution in [3.63, 3.8) is 0 Å². The van der Waals surface area contributed by atoms with Crippen LogP contribution in [0.15, 0.2) is 40.8 Å². The topological polar surface area (TPSA) is 64.8 Å². The number of furan rings is 1. The van der Waals surface area contributed by atoms with E-state index in [1.807, 2.05) is 19.1 Å². The largest absolute Gasteiger partial charge is 0.490 e. The number of hydrogen-bond donors (Lipinski definition) is 0. The van der Waals surface area contributed by atoms with Crippen LogP contribution in [0.5, 0.6) is 5.75 Å². The van der Waals surface area contributed by atoms with Gasteiger partial charge in [0.05, 0.1) is 24.0 Å². The molecule has 1 fully saturated rings. The molecule has 0 saturated carbocycles. The van der Waals surface area contributed by atoms with Crippen LogP contribution in [-0.4, -0.2) is 36.8 Å². The van der Waals surface area contributed by atoms with Gasteiger partial charge >= 0.3 is 0 Å². The number of halogens is 2. The first-order valence-electron chi connectivity index (χ1n) is 10.4. The second-order valence-electron chi connectivity index (χ2n) is 7.50. The Morgan fingerprint density at radius 2 is 2.19 bits per heavy atom. The summed E-state index contributed by atoms with van der Waals surface area (Å²) < 4.78 is 45.5. The van der Waals surface area contributed by atoms with Gasteiger partial charge in [0, 0.05) is 18.1 Å². The third-order valence-corrected chi connectivity index (χ3v) is 6.33. The van der Waals surface area contributed by atoms with Crippen LogP contribution >= 0.6 is 11.3 Å². The Hall–Kier alpha value is -3.04. The number of rotatable bonds is 6. The number of amides is 1. The molecule has 1 atom stereocenters. The van der Waals surface area contributed by atoms with E-state index < -0.39 is 17.5 Å². The number of hydrogen-bond acceptors (Lipinski definition) is 6. The van der Waals surface area contributed by atoms with Crippen molar-refractivity contribution in [3.05, 3.63) is 53.8 Å². The lowest BCUT2D eigenvalue weighted by molar-refractivity contribution is 0.0896. The molecule has 2 aromatic heterocycles. The molecule has 166 valence electrons. The third kappa shape index (κ3) is 3.82. The molecular weight excluding hydrogens is 438 g/mol. The lowest BCUT2D eigenvalue weighted by Gasteiger charge is -2.22.